The molecule has 2 saturated carbocycles. The summed E-state index contributed by atoms with van der Waals surface area (Å²) in [5.41, 5.74) is 0. The zero-order valence-electron chi connectivity index (χ0n) is 17.0. The molecule has 7 heteroatoms. The molecular weight excluding hydrogens is 300 g/mol. The molecule has 0 aromatic heterocycles. The van der Waals surface area contributed by atoms with Gasteiger partial charge in [0.2, 0.25) is 0 Å². The van der Waals surface area contributed by atoms with Crippen molar-refractivity contribution in [3.63, 3.8) is 0 Å². The number of carbonyl (C=O) groups is 2. The summed E-state index contributed by atoms with van der Waals surface area (Å²) in [5, 5.41) is 21.2. The fourth-order valence-electron chi connectivity index (χ4n) is 3.37. The van der Waals surface area contributed by atoms with Crippen molar-refractivity contribution in [2.75, 3.05) is 13.0 Å². The SMILES string of the molecule is [2H]C([2H])(C1CCC(C(=O)O)CC1)N(N=O)C([2H])([2H])C1CCC(C(=O)O)CC1. The standard InChI is InChI=1S/C16H26N2O5/c19-15(20)13-5-1-11(2-6-13)9-18(17-23)10-12-3-7-14(8-4-12)16(21)22/h11-14H,1-10H2,(H,19,20)(H,21,22)/i9D2,10D2. The van der Waals surface area contributed by atoms with Crippen molar-refractivity contribution >= 4 is 11.9 Å². The summed E-state index contributed by atoms with van der Waals surface area (Å²) in [6.45, 7) is -4.70. The van der Waals surface area contributed by atoms with Gasteiger partial charge in [-0.3, -0.25) is 14.6 Å². The maximum atomic E-state index is 11.4. The second-order valence-electron chi connectivity index (χ2n) is 6.43. The van der Waals surface area contributed by atoms with Crippen molar-refractivity contribution in [3.05, 3.63) is 4.91 Å². The third-order valence-corrected chi connectivity index (χ3v) is 4.84. The first-order chi connectivity index (χ1) is 12.5. The van der Waals surface area contributed by atoms with Gasteiger partial charge in [-0.2, -0.15) is 0 Å². The van der Waals surface area contributed by atoms with E-state index in [1.165, 1.54) is 0 Å². The highest BCUT2D eigenvalue weighted by Crippen LogP contribution is 2.32. The molecule has 0 atom stereocenters. The Bertz CT molecular complexity index is 527. The predicted octanol–water partition coefficient (Wildman–Crippen LogP) is 2.75. The van der Waals surface area contributed by atoms with Gasteiger partial charge in [0.05, 0.1) is 22.6 Å². The molecule has 0 bridgehead atoms. The lowest BCUT2D eigenvalue weighted by Gasteiger charge is -2.32. The van der Waals surface area contributed by atoms with Gasteiger partial charge in [0.1, 0.15) is 0 Å². The van der Waals surface area contributed by atoms with Crippen molar-refractivity contribution in [3.8, 4) is 0 Å². The molecule has 0 heterocycles. The van der Waals surface area contributed by atoms with E-state index in [9.17, 15) is 14.5 Å². The van der Waals surface area contributed by atoms with Crippen LogP contribution in [0.15, 0.2) is 5.29 Å². The number of hydrogen-bond donors (Lipinski definition) is 2. The van der Waals surface area contributed by atoms with Crippen LogP contribution in [0.1, 0.15) is 56.8 Å². The molecule has 0 saturated heterocycles. The molecule has 0 amide bonds. The molecule has 23 heavy (non-hydrogen) atoms. The molecule has 2 fully saturated rings. The summed E-state index contributed by atoms with van der Waals surface area (Å²) in [6.07, 6.45) is 2.04. The van der Waals surface area contributed by atoms with Gasteiger partial charge in [-0.15, -0.1) is 4.91 Å². The Balaban J connectivity index is 2.10. The average molecular weight is 330 g/mol. The molecule has 0 spiro atoms. The Hall–Kier alpha value is -1.66. The molecule has 2 aliphatic carbocycles. The highest BCUT2D eigenvalue weighted by Gasteiger charge is 2.30. The van der Waals surface area contributed by atoms with Crippen LogP contribution in [0.2, 0.25) is 0 Å². The van der Waals surface area contributed by atoms with Crippen molar-refractivity contribution < 1.29 is 25.3 Å². The van der Waals surface area contributed by atoms with Crippen molar-refractivity contribution in [1.29, 1.82) is 0 Å². The maximum absolute atomic E-state index is 11.4. The predicted molar refractivity (Wildman–Crippen MR) is 83.5 cm³/mol. The largest absolute Gasteiger partial charge is 0.481 e. The van der Waals surface area contributed by atoms with Gasteiger partial charge in [-0.1, -0.05) is 0 Å². The van der Waals surface area contributed by atoms with Gasteiger partial charge in [0.15, 0.2) is 0 Å². The van der Waals surface area contributed by atoms with Gasteiger partial charge < -0.3 is 10.2 Å². The Kier molecular flexibility index (Phi) is 4.57. The summed E-state index contributed by atoms with van der Waals surface area (Å²) in [5.74, 6) is -4.34. The van der Waals surface area contributed by atoms with E-state index in [1.54, 1.807) is 0 Å². The molecule has 0 radical (unpaired) electrons. The first kappa shape index (κ1) is 12.7. The van der Waals surface area contributed by atoms with E-state index in [1.807, 2.05) is 0 Å². The summed E-state index contributed by atoms with van der Waals surface area (Å²) in [4.78, 5) is 33.6. The van der Waals surface area contributed by atoms with Gasteiger partial charge in [0, 0.05) is 13.0 Å². The van der Waals surface area contributed by atoms with E-state index in [4.69, 9.17) is 15.7 Å². The van der Waals surface area contributed by atoms with Gasteiger partial charge in [-0.25, -0.2) is 0 Å². The van der Waals surface area contributed by atoms with Crippen LogP contribution >= 0.6 is 0 Å². The van der Waals surface area contributed by atoms with Crippen molar-refractivity contribution in [1.82, 2.24) is 5.01 Å². The molecule has 0 aromatic rings. The molecule has 7 nitrogen and oxygen atoms in total. The maximum Gasteiger partial charge on any atom is 0.306 e. The molecule has 2 rings (SSSR count). The Morgan fingerprint density at radius 1 is 0.870 bits per heavy atom. The first-order valence-electron chi connectivity index (χ1n) is 10.1. The quantitative estimate of drug-likeness (QED) is 0.549. The van der Waals surface area contributed by atoms with Crippen molar-refractivity contribution in [2.24, 2.45) is 29.0 Å². The lowest BCUT2D eigenvalue weighted by Crippen LogP contribution is -2.34. The molecular formula is C16H26N2O5. The highest BCUT2D eigenvalue weighted by molar-refractivity contribution is 5.70. The molecule has 2 N–H and O–H groups in total. The third-order valence-electron chi connectivity index (χ3n) is 4.84. The van der Waals surface area contributed by atoms with Gasteiger partial charge in [0.25, 0.3) is 0 Å². The smallest absolute Gasteiger partial charge is 0.306 e. The van der Waals surface area contributed by atoms with Crippen LogP contribution in [0, 0.1) is 28.6 Å². The van der Waals surface area contributed by atoms with Crippen LogP contribution in [-0.4, -0.2) is 40.2 Å². The zero-order chi connectivity index (χ0) is 20.4. The van der Waals surface area contributed by atoms with E-state index in [0.717, 1.165) is 0 Å². The lowest BCUT2D eigenvalue weighted by atomic mass is 9.81. The number of carboxylic acids is 2. The highest BCUT2D eigenvalue weighted by atomic mass is 16.4. The van der Waals surface area contributed by atoms with Gasteiger partial charge in [-0.05, 0) is 63.2 Å². The van der Waals surface area contributed by atoms with E-state index in [2.05, 4.69) is 5.29 Å². The fraction of sp³-hybridized carbons (Fsp3) is 0.875. The Morgan fingerprint density at radius 3 is 1.48 bits per heavy atom. The zero-order valence-corrected chi connectivity index (χ0v) is 13.0. The number of carboxylic acid groups (broad SMARTS) is 2. The number of hydrogen-bond acceptors (Lipinski definition) is 4. The second kappa shape index (κ2) is 8.26. The summed E-state index contributed by atoms with van der Waals surface area (Å²) >= 11 is 0. The summed E-state index contributed by atoms with van der Waals surface area (Å²) in [6, 6.07) is 0. The number of nitrogens with zero attached hydrogens (tertiary/aromatic N) is 2. The average Bonchev–Trinajstić information content (AvgIpc) is 2.62. The lowest BCUT2D eigenvalue weighted by molar-refractivity contribution is -0.144. The fourth-order valence-corrected chi connectivity index (χ4v) is 3.37. The second-order valence-corrected chi connectivity index (χ2v) is 6.43. The van der Waals surface area contributed by atoms with Crippen LogP contribution in [0.4, 0.5) is 0 Å². The minimum Gasteiger partial charge on any atom is -0.481 e. The molecule has 130 valence electrons. The topological polar surface area (TPSA) is 107 Å². The minimum atomic E-state index is -2.35. The van der Waals surface area contributed by atoms with Gasteiger partial charge >= 0.3 is 11.9 Å². The van der Waals surface area contributed by atoms with E-state index < -0.39 is 48.6 Å². The van der Waals surface area contributed by atoms with E-state index >= 15 is 0 Å². The monoisotopic (exact) mass is 330 g/mol. The number of rotatable bonds is 7. The summed E-state index contributed by atoms with van der Waals surface area (Å²) in [7, 11) is 0. The molecule has 0 aromatic carbocycles. The summed E-state index contributed by atoms with van der Waals surface area (Å²) < 4.78 is 33.4. The Labute approximate surface area is 141 Å². The first-order valence-corrected chi connectivity index (χ1v) is 8.11. The van der Waals surface area contributed by atoms with Crippen LogP contribution < -0.4 is 0 Å². The minimum absolute atomic E-state index is 0.234. The molecule has 0 aliphatic heterocycles. The van der Waals surface area contributed by atoms with Crippen molar-refractivity contribution in [2.45, 2.75) is 51.4 Å². The van der Waals surface area contributed by atoms with Crippen LogP contribution in [-0.2, 0) is 9.59 Å². The molecule has 2 aliphatic rings. The van der Waals surface area contributed by atoms with E-state index in [0.29, 0.717) is 5.01 Å². The van der Waals surface area contributed by atoms with E-state index in [-0.39, 0.29) is 51.4 Å². The number of aliphatic carboxylic acids is 2. The third kappa shape index (κ3) is 5.18. The normalized spacial score (nSPS) is 35.1. The number of nitroso groups, excluding NO2 is 1. The van der Waals surface area contributed by atoms with Crippen LogP contribution in [0.25, 0.3) is 0 Å². The molecule has 0 unspecified atom stereocenters. The Morgan fingerprint density at radius 2 is 1.22 bits per heavy atom. The van der Waals surface area contributed by atoms with Crippen LogP contribution in [0.3, 0.4) is 0 Å². The van der Waals surface area contributed by atoms with Crippen LogP contribution in [0.5, 0.6) is 0 Å².